The Morgan fingerprint density at radius 1 is 0.966 bits per heavy atom. The van der Waals surface area contributed by atoms with Crippen molar-refractivity contribution in [1.29, 1.82) is 0 Å². The topological polar surface area (TPSA) is 60.5 Å². The van der Waals surface area contributed by atoms with E-state index in [0.717, 1.165) is 29.9 Å². The maximum Gasteiger partial charge on any atom is 0.220 e. The first-order valence-corrected chi connectivity index (χ1v) is 9.89. The molecule has 3 rings (SSSR count). The fourth-order valence-electron chi connectivity index (χ4n) is 2.77. The third-order valence-electron chi connectivity index (χ3n) is 4.29. The van der Waals surface area contributed by atoms with Crippen LogP contribution in [0.25, 0.3) is 0 Å². The molecule has 0 aliphatic carbocycles. The number of hydrogen-bond donors (Lipinski definition) is 1. The Bertz CT molecular complexity index is 896. The number of carbonyl (C=O) groups excluding carboxylic acids is 1. The van der Waals surface area contributed by atoms with Gasteiger partial charge in [-0.2, -0.15) is 0 Å². The van der Waals surface area contributed by atoms with Gasteiger partial charge in [0, 0.05) is 25.2 Å². The molecule has 1 N–H and O–H groups in total. The van der Waals surface area contributed by atoms with E-state index in [4.69, 9.17) is 9.47 Å². The van der Waals surface area contributed by atoms with E-state index < -0.39 is 0 Å². The highest BCUT2D eigenvalue weighted by Crippen LogP contribution is 2.20. The summed E-state index contributed by atoms with van der Waals surface area (Å²) in [5.41, 5.74) is 2.10. The average molecular weight is 390 g/mol. The lowest BCUT2D eigenvalue weighted by molar-refractivity contribution is -0.121. The Kier molecular flexibility index (Phi) is 7.63. The maximum atomic E-state index is 12.2. The van der Waals surface area contributed by atoms with E-state index in [-0.39, 0.29) is 5.91 Å². The van der Waals surface area contributed by atoms with Gasteiger partial charge in [0.1, 0.15) is 11.5 Å². The summed E-state index contributed by atoms with van der Waals surface area (Å²) in [6, 6.07) is 21.1. The maximum absolute atomic E-state index is 12.2. The molecule has 0 aliphatic rings. The van der Waals surface area contributed by atoms with Crippen LogP contribution < -0.4 is 14.8 Å². The Morgan fingerprint density at radius 2 is 1.83 bits per heavy atom. The summed E-state index contributed by atoms with van der Waals surface area (Å²) >= 11 is 0. The average Bonchev–Trinajstić information content (AvgIpc) is 2.76. The van der Waals surface area contributed by atoms with Gasteiger partial charge in [-0.1, -0.05) is 37.3 Å². The normalized spacial score (nSPS) is 10.4. The number of nitrogens with zero attached hydrogens (tertiary/aromatic N) is 1. The second-order valence-electron chi connectivity index (χ2n) is 6.69. The van der Waals surface area contributed by atoms with Crippen molar-refractivity contribution in [1.82, 2.24) is 10.3 Å². The van der Waals surface area contributed by atoms with Crippen molar-refractivity contribution in [3.05, 3.63) is 84.1 Å². The summed E-state index contributed by atoms with van der Waals surface area (Å²) in [6.07, 6.45) is 3.81. The number of nitrogens with one attached hydrogen (secondary N) is 1. The van der Waals surface area contributed by atoms with Gasteiger partial charge in [-0.25, -0.2) is 4.98 Å². The molecular formula is C24H26N2O3. The molecular weight excluding hydrogens is 364 g/mol. The van der Waals surface area contributed by atoms with Crippen LogP contribution in [0.2, 0.25) is 0 Å². The third-order valence-corrected chi connectivity index (χ3v) is 4.29. The molecule has 0 fully saturated rings. The van der Waals surface area contributed by atoms with Crippen molar-refractivity contribution in [2.75, 3.05) is 6.61 Å². The van der Waals surface area contributed by atoms with Gasteiger partial charge in [0.25, 0.3) is 0 Å². The van der Waals surface area contributed by atoms with Crippen molar-refractivity contribution >= 4 is 5.91 Å². The van der Waals surface area contributed by atoms with Crippen molar-refractivity contribution < 1.29 is 14.3 Å². The molecule has 0 bridgehead atoms. The molecule has 5 heteroatoms. The van der Waals surface area contributed by atoms with Crippen LogP contribution >= 0.6 is 0 Å². The predicted molar refractivity (Wildman–Crippen MR) is 113 cm³/mol. The first-order chi connectivity index (χ1) is 14.2. The van der Waals surface area contributed by atoms with Gasteiger partial charge in [-0.15, -0.1) is 0 Å². The number of rotatable bonds is 10. The smallest absolute Gasteiger partial charge is 0.220 e. The second kappa shape index (κ2) is 10.9. The Morgan fingerprint density at radius 3 is 2.59 bits per heavy atom. The highest BCUT2D eigenvalue weighted by Gasteiger charge is 2.05. The van der Waals surface area contributed by atoms with Crippen LogP contribution in [0.15, 0.2) is 72.9 Å². The molecule has 29 heavy (non-hydrogen) atoms. The fourth-order valence-corrected chi connectivity index (χ4v) is 2.77. The number of amides is 1. The molecule has 0 aliphatic heterocycles. The lowest BCUT2D eigenvalue weighted by Crippen LogP contribution is -2.22. The molecule has 2 aromatic carbocycles. The van der Waals surface area contributed by atoms with Crippen LogP contribution in [0, 0.1) is 0 Å². The van der Waals surface area contributed by atoms with E-state index in [9.17, 15) is 4.79 Å². The van der Waals surface area contributed by atoms with E-state index in [1.807, 2.05) is 60.7 Å². The van der Waals surface area contributed by atoms with Crippen LogP contribution in [0.3, 0.4) is 0 Å². The Labute approximate surface area is 171 Å². The number of aromatic nitrogens is 1. The summed E-state index contributed by atoms with van der Waals surface area (Å²) in [6.45, 7) is 3.26. The molecule has 0 saturated carbocycles. The highest BCUT2D eigenvalue weighted by molar-refractivity contribution is 5.76. The van der Waals surface area contributed by atoms with Crippen LogP contribution in [-0.2, 0) is 17.8 Å². The third kappa shape index (κ3) is 6.96. The number of ether oxygens (including phenoxy) is 2. The fraction of sp³-hybridized carbons (Fsp3) is 0.250. The number of aryl methyl sites for hydroxylation is 1. The molecule has 0 unspecified atom stereocenters. The quantitative estimate of drug-likeness (QED) is 0.534. The molecule has 1 heterocycles. The zero-order valence-electron chi connectivity index (χ0n) is 16.6. The lowest BCUT2D eigenvalue weighted by Gasteiger charge is -2.09. The van der Waals surface area contributed by atoms with E-state index in [0.29, 0.717) is 31.0 Å². The monoisotopic (exact) mass is 390 g/mol. The van der Waals surface area contributed by atoms with Crippen LogP contribution in [0.5, 0.6) is 17.4 Å². The predicted octanol–water partition coefficient (Wildman–Crippen LogP) is 4.91. The summed E-state index contributed by atoms with van der Waals surface area (Å²) in [4.78, 5) is 16.3. The van der Waals surface area contributed by atoms with Crippen molar-refractivity contribution in [3.63, 3.8) is 0 Å². The standard InChI is InChI=1S/C24H26N2O3/c1-2-16-28-21-12-9-19(10-13-21)11-14-23(27)26-18-20-6-5-7-22(17-20)29-24-8-3-4-15-25-24/h3-10,12-13,15,17H,2,11,14,16,18H2,1H3,(H,26,27). The van der Waals surface area contributed by atoms with Crippen LogP contribution in [0.4, 0.5) is 0 Å². The Balaban J connectivity index is 1.44. The van der Waals surface area contributed by atoms with E-state index >= 15 is 0 Å². The number of pyridine rings is 1. The molecule has 5 nitrogen and oxygen atoms in total. The molecule has 1 amide bonds. The minimum absolute atomic E-state index is 0.0207. The van der Waals surface area contributed by atoms with E-state index in [1.165, 1.54) is 0 Å². The van der Waals surface area contributed by atoms with E-state index in [1.54, 1.807) is 12.3 Å². The number of benzene rings is 2. The van der Waals surface area contributed by atoms with Gasteiger partial charge < -0.3 is 14.8 Å². The van der Waals surface area contributed by atoms with Crippen molar-refractivity contribution in [2.24, 2.45) is 0 Å². The minimum Gasteiger partial charge on any atom is -0.494 e. The Hall–Kier alpha value is -3.34. The zero-order valence-corrected chi connectivity index (χ0v) is 16.6. The summed E-state index contributed by atoms with van der Waals surface area (Å²) in [5, 5.41) is 2.96. The summed E-state index contributed by atoms with van der Waals surface area (Å²) in [5.74, 6) is 2.13. The van der Waals surface area contributed by atoms with Crippen molar-refractivity contribution in [3.8, 4) is 17.4 Å². The van der Waals surface area contributed by atoms with Gasteiger partial charge in [-0.3, -0.25) is 4.79 Å². The molecule has 0 radical (unpaired) electrons. The van der Waals surface area contributed by atoms with Gasteiger partial charge in [0.15, 0.2) is 0 Å². The number of carbonyl (C=O) groups is 1. The first-order valence-electron chi connectivity index (χ1n) is 9.89. The van der Waals surface area contributed by atoms with E-state index in [2.05, 4.69) is 17.2 Å². The summed E-state index contributed by atoms with van der Waals surface area (Å²) < 4.78 is 11.3. The summed E-state index contributed by atoms with van der Waals surface area (Å²) in [7, 11) is 0. The van der Waals surface area contributed by atoms with Gasteiger partial charge in [0.05, 0.1) is 6.61 Å². The first kappa shape index (κ1) is 20.4. The molecule has 3 aromatic rings. The van der Waals surface area contributed by atoms with Crippen molar-refractivity contribution in [2.45, 2.75) is 32.7 Å². The molecule has 0 atom stereocenters. The molecule has 0 spiro atoms. The van der Waals surface area contributed by atoms with Gasteiger partial charge in [0.2, 0.25) is 11.8 Å². The highest BCUT2D eigenvalue weighted by atomic mass is 16.5. The zero-order chi connectivity index (χ0) is 20.3. The largest absolute Gasteiger partial charge is 0.494 e. The van der Waals surface area contributed by atoms with Gasteiger partial charge >= 0.3 is 0 Å². The minimum atomic E-state index is 0.0207. The van der Waals surface area contributed by atoms with Crippen LogP contribution in [-0.4, -0.2) is 17.5 Å². The second-order valence-corrected chi connectivity index (χ2v) is 6.69. The number of hydrogen-bond acceptors (Lipinski definition) is 4. The molecule has 0 saturated heterocycles. The SMILES string of the molecule is CCCOc1ccc(CCC(=O)NCc2cccc(Oc3ccccn3)c2)cc1. The molecule has 1 aromatic heterocycles. The van der Waals surface area contributed by atoms with Gasteiger partial charge in [-0.05, 0) is 54.3 Å². The lowest BCUT2D eigenvalue weighted by atomic mass is 10.1. The van der Waals surface area contributed by atoms with Crippen LogP contribution in [0.1, 0.15) is 30.9 Å². The molecule has 150 valence electrons.